The summed E-state index contributed by atoms with van der Waals surface area (Å²) in [6.07, 6.45) is 12.3. The fourth-order valence-corrected chi connectivity index (χ4v) is 3.00. The summed E-state index contributed by atoms with van der Waals surface area (Å²) in [5.41, 5.74) is 7.93. The number of carbonyl (C=O) groups is 1. The van der Waals surface area contributed by atoms with Crippen molar-refractivity contribution in [2.24, 2.45) is 5.73 Å². The number of imidazole rings is 1. The van der Waals surface area contributed by atoms with E-state index in [0.717, 1.165) is 18.7 Å². The van der Waals surface area contributed by atoms with Crippen LogP contribution in [0.15, 0.2) is 42.9 Å². The molecule has 5 heteroatoms. The molecule has 2 aromatic rings. The second-order valence-corrected chi connectivity index (χ2v) is 6.58. The minimum absolute atomic E-state index is 0.328. The normalized spacial score (nSPS) is 12.2. The largest absolute Gasteiger partial charge is 0.480 e. The number of hydrogen-bond donors (Lipinski definition) is 2. The van der Waals surface area contributed by atoms with Gasteiger partial charge in [0, 0.05) is 24.9 Å². The summed E-state index contributed by atoms with van der Waals surface area (Å²) in [5, 5.41) is 8.91. The van der Waals surface area contributed by atoms with E-state index in [0.29, 0.717) is 6.42 Å². The number of aryl methyl sites for hydroxylation is 2. The first-order valence-electron chi connectivity index (χ1n) is 9.18. The average Bonchev–Trinajstić information content (AvgIpc) is 3.05. The van der Waals surface area contributed by atoms with Crippen LogP contribution in [0.5, 0.6) is 0 Å². The highest BCUT2D eigenvalue weighted by molar-refractivity contribution is 5.73. The first kappa shape index (κ1) is 19.2. The molecule has 0 amide bonds. The van der Waals surface area contributed by atoms with Gasteiger partial charge < -0.3 is 15.4 Å². The van der Waals surface area contributed by atoms with Gasteiger partial charge in [0.25, 0.3) is 0 Å². The Bertz CT molecular complexity index is 625. The maximum atomic E-state index is 10.9. The van der Waals surface area contributed by atoms with Gasteiger partial charge in [0.2, 0.25) is 0 Å². The highest BCUT2D eigenvalue weighted by Crippen LogP contribution is 2.11. The SMILES string of the molecule is N[C@@H](Cc1cncn1CCCCCCCCc1ccccc1)C(=O)O. The van der Waals surface area contributed by atoms with E-state index >= 15 is 0 Å². The average molecular weight is 343 g/mol. The fraction of sp³-hybridized carbons (Fsp3) is 0.500. The molecule has 1 aromatic carbocycles. The van der Waals surface area contributed by atoms with Crippen LogP contribution in [0.2, 0.25) is 0 Å². The number of benzene rings is 1. The Hall–Kier alpha value is -2.14. The van der Waals surface area contributed by atoms with Crippen molar-refractivity contribution in [2.75, 3.05) is 0 Å². The number of nitrogens with two attached hydrogens (primary N) is 1. The van der Waals surface area contributed by atoms with Crippen LogP contribution in [-0.2, 0) is 24.2 Å². The Morgan fingerprint density at radius 1 is 1.08 bits per heavy atom. The first-order chi connectivity index (χ1) is 12.2. The Balaban J connectivity index is 1.55. The molecule has 0 saturated heterocycles. The van der Waals surface area contributed by atoms with Gasteiger partial charge in [-0.2, -0.15) is 0 Å². The van der Waals surface area contributed by atoms with Crippen LogP contribution < -0.4 is 5.73 Å². The topological polar surface area (TPSA) is 81.1 Å². The van der Waals surface area contributed by atoms with Crippen molar-refractivity contribution in [3.05, 3.63) is 54.1 Å². The summed E-state index contributed by atoms with van der Waals surface area (Å²) in [7, 11) is 0. The molecule has 3 N–H and O–H groups in total. The Labute approximate surface area is 149 Å². The van der Waals surface area contributed by atoms with Crippen LogP contribution in [-0.4, -0.2) is 26.7 Å². The van der Waals surface area contributed by atoms with Gasteiger partial charge in [0.05, 0.1) is 6.33 Å². The second-order valence-electron chi connectivity index (χ2n) is 6.58. The fourth-order valence-electron chi connectivity index (χ4n) is 3.00. The lowest BCUT2D eigenvalue weighted by Crippen LogP contribution is -2.33. The molecule has 1 atom stereocenters. The van der Waals surface area contributed by atoms with Gasteiger partial charge in [-0.3, -0.25) is 4.79 Å². The molecular formula is C20H29N3O2. The molecule has 0 aliphatic heterocycles. The zero-order valence-corrected chi connectivity index (χ0v) is 14.8. The number of rotatable bonds is 12. The molecule has 0 fully saturated rings. The van der Waals surface area contributed by atoms with Gasteiger partial charge in [-0.25, -0.2) is 4.98 Å². The predicted octanol–water partition coefficient (Wildman–Crippen LogP) is 3.42. The monoisotopic (exact) mass is 343 g/mol. The lowest BCUT2D eigenvalue weighted by molar-refractivity contribution is -0.138. The molecule has 25 heavy (non-hydrogen) atoms. The zero-order valence-electron chi connectivity index (χ0n) is 14.8. The molecule has 1 aromatic heterocycles. The minimum atomic E-state index is -0.969. The van der Waals surface area contributed by atoms with Crippen LogP contribution >= 0.6 is 0 Å². The van der Waals surface area contributed by atoms with Crippen molar-refractivity contribution < 1.29 is 9.90 Å². The summed E-state index contributed by atoms with van der Waals surface area (Å²) >= 11 is 0. The Morgan fingerprint density at radius 2 is 1.76 bits per heavy atom. The molecular weight excluding hydrogens is 314 g/mol. The molecule has 0 unspecified atom stereocenters. The highest BCUT2D eigenvalue weighted by atomic mass is 16.4. The van der Waals surface area contributed by atoms with Crippen molar-refractivity contribution >= 4 is 5.97 Å². The Kier molecular flexibility index (Phi) is 8.19. The number of aliphatic carboxylic acids is 1. The minimum Gasteiger partial charge on any atom is -0.480 e. The molecule has 5 nitrogen and oxygen atoms in total. The lowest BCUT2D eigenvalue weighted by atomic mass is 10.0. The van der Waals surface area contributed by atoms with Gasteiger partial charge in [-0.15, -0.1) is 0 Å². The van der Waals surface area contributed by atoms with E-state index in [-0.39, 0.29) is 0 Å². The summed E-state index contributed by atoms with van der Waals surface area (Å²) in [6, 6.07) is 9.79. The van der Waals surface area contributed by atoms with Crippen LogP contribution in [0.4, 0.5) is 0 Å². The van der Waals surface area contributed by atoms with E-state index in [1.54, 1.807) is 12.5 Å². The van der Waals surface area contributed by atoms with Gasteiger partial charge in [0.1, 0.15) is 6.04 Å². The maximum absolute atomic E-state index is 10.9. The lowest BCUT2D eigenvalue weighted by Gasteiger charge is -2.10. The number of unbranched alkanes of at least 4 members (excludes halogenated alkanes) is 5. The van der Waals surface area contributed by atoms with Crippen molar-refractivity contribution in [3.63, 3.8) is 0 Å². The predicted molar refractivity (Wildman–Crippen MR) is 99.4 cm³/mol. The van der Waals surface area contributed by atoms with E-state index in [2.05, 4.69) is 35.3 Å². The third kappa shape index (κ3) is 7.10. The van der Waals surface area contributed by atoms with E-state index in [1.807, 2.05) is 4.57 Å². The number of nitrogens with zero attached hydrogens (tertiary/aromatic N) is 2. The van der Waals surface area contributed by atoms with E-state index in [1.165, 1.54) is 44.1 Å². The number of carboxylic acid groups (broad SMARTS) is 1. The molecule has 2 rings (SSSR count). The van der Waals surface area contributed by atoms with Gasteiger partial charge in [-0.1, -0.05) is 56.0 Å². The third-order valence-corrected chi connectivity index (χ3v) is 4.50. The number of carboxylic acids is 1. The standard InChI is InChI=1S/C20H29N3O2/c21-19(20(24)25)14-18-15-22-16-23(18)13-9-4-2-1-3-6-10-17-11-7-5-8-12-17/h5,7-8,11-12,15-16,19H,1-4,6,9-10,13-14,21H2,(H,24,25)/t19-/m0/s1. The van der Waals surface area contributed by atoms with Crippen molar-refractivity contribution in [1.29, 1.82) is 0 Å². The third-order valence-electron chi connectivity index (χ3n) is 4.50. The van der Waals surface area contributed by atoms with Gasteiger partial charge in [-0.05, 0) is 24.8 Å². The second kappa shape index (κ2) is 10.7. The highest BCUT2D eigenvalue weighted by Gasteiger charge is 2.14. The van der Waals surface area contributed by atoms with Gasteiger partial charge in [0.15, 0.2) is 0 Å². The van der Waals surface area contributed by atoms with E-state index in [4.69, 9.17) is 10.8 Å². The zero-order chi connectivity index (χ0) is 17.9. The quantitative estimate of drug-likeness (QED) is 0.579. The summed E-state index contributed by atoms with van der Waals surface area (Å²) in [5.74, 6) is -0.969. The number of aromatic nitrogens is 2. The van der Waals surface area contributed by atoms with Crippen molar-refractivity contribution in [2.45, 2.75) is 64.0 Å². The van der Waals surface area contributed by atoms with Crippen LogP contribution in [0.3, 0.4) is 0 Å². The van der Waals surface area contributed by atoms with Crippen molar-refractivity contribution in [3.8, 4) is 0 Å². The molecule has 136 valence electrons. The summed E-state index contributed by atoms with van der Waals surface area (Å²) in [4.78, 5) is 15.0. The summed E-state index contributed by atoms with van der Waals surface area (Å²) < 4.78 is 2.03. The molecule has 0 aliphatic rings. The maximum Gasteiger partial charge on any atom is 0.320 e. The number of hydrogen-bond acceptors (Lipinski definition) is 3. The summed E-state index contributed by atoms with van der Waals surface area (Å²) in [6.45, 7) is 0.881. The molecule has 0 aliphatic carbocycles. The van der Waals surface area contributed by atoms with Crippen LogP contribution in [0.1, 0.15) is 49.8 Å². The molecule has 0 bridgehead atoms. The first-order valence-corrected chi connectivity index (χ1v) is 9.18. The van der Waals surface area contributed by atoms with Crippen LogP contribution in [0, 0.1) is 0 Å². The molecule has 1 heterocycles. The molecule has 0 radical (unpaired) electrons. The van der Waals surface area contributed by atoms with E-state index in [9.17, 15) is 4.79 Å². The van der Waals surface area contributed by atoms with Crippen molar-refractivity contribution in [1.82, 2.24) is 9.55 Å². The Morgan fingerprint density at radius 3 is 2.48 bits per heavy atom. The molecule has 0 saturated carbocycles. The van der Waals surface area contributed by atoms with Crippen LogP contribution in [0.25, 0.3) is 0 Å². The van der Waals surface area contributed by atoms with E-state index < -0.39 is 12.0 Å². The molecule has 0 spiro atoms. The smallest absolute Gasteiger partial charge is 0.320 e. The van der Waals surface area contributed by atoms with Gasteiger partial charge >= 0.3 is 5.97 Å².